The average Bonchev–Trinajstić information content (AvgIpc) is 2.36. The number of nitriles is 1. The lowest BCUT2D eigenvalue weighted by molar-refractivity contribution is 0.410. The van der Waals surface area contributed by atoms with Crippen molar-refractivity contribution in [3.63, 3.8) is 0 Å². The minimum Gasteiger partial charge on any atom is -0.451 e. The molecule has 0 aliphatic carbocycles. The normalized spacial score (nSPS) is 9.89. The quantitative estimate of drug-likeness (QED) is 0.811. The third kappa shape index (κ3) is 2.43. The third-order valence-electron chi connectivity index (χ3n) is 2.17. The molecule has 2 aromatic carbocycles. The Hall–Kier alpha value is -2.48. The molecule has 90 valence electrons. The fourth-order valence-electron chi connectivity index (χ4n) is 1.33. The lowest BCUT2D eigenvalue weighted by Gasteiger charge is -2.07. The maximum absolute atomic E-state index is 13.5. The standard InChI is InChI=1S/C13H6F3NO/c14-9-2-3-10(15)13(6-9)18-12-4-1-8(7-17)5-11(12)16/h1-6H. The predicted octanol–water partition coefficient (Wildman–Crippen LogP) is 3.77. The molecule has 0 aliphatic heterocycles. The highest BCUT2D eigenvalue weighted by Crippen LogP contribution is 2.27. The van der Waals surface area contributed by atoms with Crippen LogP contribution in [0.5, 0.6) is 11.5 Å². The van der Waals surface area contributed by atoms with E-state index in [1.807, 2.05) is 0 Å². The fraction of sp³-hybridized carbons (Fsp3) is 0. The second-order valence-electron chi connectivity index (χ2n) is 3.43. The van der Waals surface area contributed by atoms with Crippen molar-refractivity contribution in [1.82, 2.24) is 0 Å². The zero-order valence-corrected chi connectivity index (χ0v) is 8.95. The summed E-state index contributed by atoms with van der Waals surface area (Å²) in [6.07, 6.45) is 0. The van der Waals surface area contributed by atoms with Crippen molar-refractivity contribution < 1.29 is 17.9 Å². The van der Waals surface area contributed by atoms with Crippen LogP contribution in [0.25, 0.3) is 0 Å². The predicted molar refractivity (Wildman–Crippen MR) is 57.5 cm³/mol. The monoisotopic (exact) mass is 249 g/mol. The van der Waals surface area contributed by atoms with E-state index in [1.165, 1.54) is 12.1 Å². The Morgan fingerprint density at radius 2 is 1.67 bits per heavy atom. The van der Waals surface area contributed by atoms with E-state index >= 15 is 0 Å². The smallest absolute Gasteiger partial charge is 0.167 e. The first-order chi connectivity index (χ1) is 8.60. The molecule has 0 unspecified atom stereocenters. The molecular weight excluding hydrogens is 243 g/mol. The molecule has 2 aromatic rings. The molecular formula is C13H6F3NO. The highest BCUT2D eigenvalue weighted by atomic mass is 19.1. The Balaban J connectivity index is 2.34. The van der Waals surface area contributed by atoms with E-state index in [4.69, 9.17) is 10.00 Å². The van der Waals surface area contributed by atoms with E-state index in [9.17, 15) is 13.2 Å². The summed E-state index contributed by atoms with van der Waals surface area (Å²) < 4.78 is 44.5. The van der Waals surface area contributed by atoms with Crippen molar-refractivity contribution >= 4 is 0 Å². The van der Waals surface area contributed by atoms with E-state index < -0.39 is 23.2 Å². The van der Waals surface area contributed by atoms with Crippen molar-refractivity contribution in [2.24, 2.45) is 0 Å². The van der Waals surface area contributed by atoms with E-state index in [1.54, 1.807) is 6.07 Å². The van der Waals surface area contributed by atoms with Gasteiger partial charge in [-0.05, 0) is 30.3 Å². The van der Waals surface area contributed by atoms with Gasteiger partial charge < -0.3 is 4.74 Å². The van der Waals surface area contributed by atoms with Gasteiger partial charge in [-0.2, -0.15) is 5.26 Å². The zero-order valence-electron chi connectivity index (χ0n) is 8.95. The van der Waals surface area contributed by atoms with Gasteiger partial charge in [0.15, 0.2) is 23.1 Å². The van der Waals surface area contributed by atoms with Gasteiger partial charge in [-0.1, -0.05) is 0 Å². The van der Waals surface area contributed by atoms with Gasteiger partial charge in [0, 0.05) is 6.07 Å². The summed E-state index contributed by atoms with van der Waals surface area (Å²) in [5.74, 6) is -3.02. The van der Waals surface area contributed by atoms with Crippen molar-refractivity contribution in [2.45, 2.75) is 0 Å². The molecule has 0 aromatic heterocycles. The van der Waals surface area contributed by atoms with Gasteiger partial charge in [-0.15, -0.1) is 0 Å². The summed E-state index contributed by atoms with van der Waals surface area (Å²) in [6, 6.07) is 7.82. The number of hydrogen-bond acceptors (Lipinski definition) is 2. The van der Waals surface area contributed by atoms with Crippen LogP contribution in [0.3, 0.4) is 0 Å². The van der Waals surface area contributed by atoms with Crippen LogP contribution in [0.15, 0.2) is 36.4 Å². The molecule has 2 rings (SSSR count). The SMILES string of the molecule is N#Cc1ccc(Oc2cc(F)ccc2F)c(F)c1. The van der Waals surface area contributed by atoms with Gasteiger partial charge >= 0.3 is 0 Å². The Morgan fingerprint density at radius 3 is 2.33 bits per heavy atom. The van der Waals surface area contributed by atoms with Crippen LogP contribution < -0.4 is 4.74 Å². The number of benzene rings is 2. The lowest BCUT2D eigenvalue weighted by Crippen LogP contribution is -1.92. The Kier molecular flexibility index (Phi) is 3.20. The second kappa shape index (κ2) is 4.80. The van der Waals surface area contributed by atoms with Gasteiger partial charge in [0.1, 0.15) is 5.82 Å². The van der Waals surface area contributed by atoms with Gasteiger partial charge in [0.25, 0.3) is 0 Å². The minimum atomic E-state index is -0.822. The zero-order chi connectivity index (χ0) is 13.1. The number of hydrogen-bond donors (Lipinski definition) is 0. The first-order valence-corrected chi connectivity index (χ1v) is 4.92. The average molecular weight is 249 g/mol. The van der Waals surface area contributed by atoms with Crippen molar-refractivity contribution in [1.29, 1.82) is 5.26 Å². The molecule has 0 amide bonds. The van der Waals surface area contributed by atoms with Crippen molar-refractivity contribution in [3.05, 3.63) is 59.4 Å². The van der Waals surface area contributed by atoms with Crippen molar-refractivity contribution in [3.8, 4) is 17.6 Å². The topological polar surface area (TPSA) is 33.0 Å². The first-order valence-electron chi connectivity index (χ1n) is 4.92. The lowest BCUT2D eigenvalue weighted by atomic mass is 10.2. The number of ether oxygens (including phenoxy) is 1. The summed E-state index contributed by atoms with van der Waals surface area (Å²) in [5.41, 5.74) is 0.111. The molecule has 0 saturated carbocycles. The molecule has 0 atom stereocenters. The van der Waals surface area contributed by atoms with E-state index in [0.717, 1.165) is 24.3 Å². The largest absolute Gasteiger partial charge is 0.451 e. The van der Waals surface area contributed by atoms with Crippen molar-refractivity contribution in [2.75, 3.05) is 0 Å². The molecule has 18 heavy (non-hydrogen) atoms. The summed E-state index contributed by atoms with van der Waals surface area (Å²) in [7, 11) is 0. The molecule has 5 heteroatoms. The van der Waals surface area contributed by atoms with Crippen LogP contribution in [0, 0.1) is 28.8 Å². The molecule has 0 spiro atoms. The van der Waals surface area contributed by atoms with Gasteiger partial charge in [-0.3, -0.25) is 0 Å². The van der Waals surface area contributed by atoms with Crippen LogP contribution >= 0.6 is 0 Å². The molecule has 0 aliphatic rings. The number of nitrogens with zero attached hydrogens (tertiary/aromatic N) is 1. The Labute approximate surface area is 101 Å². The highest BCUT2D eigenvalue weighted by molar-refractivity contribution is 5.39. The maximum atomic E-state index is 13.5. The number of rotatable bonds is 2. The summed E-state index contributed by atoms with van der Waals surface area (Å²) in [6.45, 7) is 0. The first kappa shape index (κ1) is 12.0. The molecule has 0 radical (unpaired) electrons. The Morgan fingerprint density at radius 1 is 0.889 bits per heavy atom. The molecule has 0 bridgehead atoms. The third-order valence-corrected chi connectivity index (χ3v) is 2.17. The highest BCUT2D eigenvalue weighted by Gasteiger charge is 2.10. The summed E-state index contributed by atoms with van der Waals surface area (Å²) in [5, 5.41) is 8.56. The van der Waals surface area contributed by atoms with Crippen LogP contribution in [-0.2, 0) is 0 Å². The summed E-state index contributed by atoms with van der Waals surface area (Å²) in [4.78, 5) is 0. The van der Waals surface area contributed by atoms with E-state index in [-0.39, 0.29) is 11.3 Å². The molecule has 0 heterocycles. The minimum absolute atomic E-state index is 0.111. The van der Waals surface area contributed by atoms with Gasteiger partial charge in [0.2, 0.25) is 0 Å². The van der Waals surface area contributed by atoms with Crippen LogP contribution in [0.1, 0.15) is 5.56 Å². The van der Waals surface area contributed by atoms with E-state index in [2.05, 4.69) is 0 Å². The van der Waals surface area contributed by atoms with E-state index in [0.29, 0.717) is 0 Å². The maximum Gasteiger partial charge on any atom is 0.167 e. The molecule has 2 nitrogen and oxygen atoms in total. The molecule has 0 fully saturated rings. The van der Waals surface area contributed by atoms with Gasteiger partial charge in [0.05, 0.1) is 11.6 Å². The van der Waals surface area contributed by atoms with Gasteiger partial charge in [-0.25, -0.2) is 13.2 Å². The van der Waals surface area contributed by atoms with Crippen LogP contribution in [0.4, 0.5) is 13.2 Å². The Bertz CT molecular complexity index is 635. The molecule has 0 N–H and O–H groups in total. The second-order valence-corrected chi connectivity index (χ2v) is 3.43. The van der Waals surface area contributed by atoms with Crippen LogP contribution in [-0.4, -0.2) is 0 Å². The van der Waals surface area contributed by atoms with Crippen LogP contribution in [0.2, 0.25) is 0 Å². The molecule has 0 saturated heterocycles. The number of halogens is 3. The fourth-order valence-corrected chi connectivity index (χ4v) is 1.33. The summed E-state index contributed by atoms with van der Waals surface area (Å²) >= 11 is 0.